The minimum atomic E-state index is -3.14. The van der Waals surface area contributed by atoms with Gasteiger partial charge in [-0.3, -0.25) is 0 Å². The monoisotopic (exact) mass is 324 g/mol. The third-order valence-corrected chi connectivity index (χ3v) is 4.95. The highest BCUT2D eigenvalue weighted by atomic mass is 32.2. The first-order valence-corrected chi connectivity index (χ1v) is 9.74. The Balaban J connectivity index is 2.02. The highest BCUT2D eigenvalue weighted by Crippen LogP contribution is 2.24. The number of benzene rings is 1. The maximum Gasteiger partial charge on any atom is 0.319 e. The van der Waals surface area contributed by atoms with Gasteiger partial charge in [0, 0.05) is 18.0 Å². The van der Waals surface area contributed by atoms with E-state index in [9.17, 15) is 13.2 Å². The zero-order valence-electron chi connectivity index (χ0n) is 13.1. The highest BCUT2D eigenvalue weighted by molar-refractivity contribution is 7.89. The predicted molar refractivity (Wildman–Crippen MR) is 88.6 cm³/mol. The fraction of sp³-hybridized carbons (Fsp3) is 0.562. The third-order valence-electron chi connectivity index (χ3n) is 4.11. The van der Waals surface area contributed by atoms with Gasteiger partial charge in [-0.25, -0.2) is 13.2 Å². The maximum atomic E-state index is 12.2. The Morgan fingerprint density at radius 2 is 1.91 bits per heavy atom. The number of hydrogen-bond donors (Lipinski definition) is 2. The van der Waals surface area contributed by atoms with E-state index in [1.807, 2.05) is 0 Å². The predicted octanol–water partition coefficient (Wildman–Crippen LogP) is 2.93. The van der Waals surface area contributed by atoms with Crippen molar-refractivity contribution in [2.75, 3.05) is 11.6 Å². The molecule has 0 radical (unpaired) electrons. The van der Waals surface area contributed by atoms with Gasteiger partial charge in [-0.15, -0.1) is 0 Å². The summed E-state index contributed by atoms with van der Waals surface area (Å²) in [6, 6.07) is 6.93. The molecule has 0 heterocycles. The number of carbonyl (C=O) groups excluding carboxylic acids is 1. The minimum absolute atomic E-state index is 0.0801. The van der Waals surface area contributed by atoms with Crippen LogP contribution in [0.15, 0.2) is 24.3 Å². The number of anilines is 1. The van der Waals surface area contributed by atoms with Crippen molar-refractivity contribution in [3.05, 3.63) is 29.8 Å². The molecule has 5 nitrogen and oxygen atoms in total. The van der Waals surface area contributed by atoms with E-state index in [1.165, 1.54) is 12.7 Å². The van der Waals surface area contributed by atoms with Gasteiger partial charge < -0.3 is 10.6 Å². The average molecular weight is 324 g/mol. The quantitative estimate of drug-likeness (QED) is 0.894. The summed E-state index contributed by atoms with van der Waals surface area (Å²) in [5, 5.41) is 5.79. The van der Waals surface area contributed by atoms with Gasteiger partial charge in [-0.05, 0) is 30.4 Å². The van der Waals surface area contributed by atoms with Crippen LogP contribution in [0.25, 0.3) is 0 Å². The van der Waals surface area contributed by atoms with Gasteiger partial charge in [-0.2, -0.15) is 0 Å². The fourth-order valence-electron chi connectivity index (χ4n) is 2.91. The molecule has 0 saturated heterocycles. The fourth-order valence-corrected chi connectivity index (χ4v) is 3.72. The Labute approximate surface area is 132 Å². The molecule has 1 saturated carbocycles. The molecule has 22 heavy (non-hydrogen) atoms. The van der Waals surface area contributed by atoms with Crippen LogP contribution in [-0.4, -0.2) is 26.7 Å². The molecule has 1 aliphatic carbocycles. The Morgan fingerprint density at radius 3 is 2.59 bits per heavy atom. The lowest BCUT2D eigenvalue weighted by Gasteiger charge is -2.29. The molecule has 1 aromatic rings. The molecular formula is C16H24N2O3S. The van der Waals surface area contributed by atoms with Crippen LogP contribution in [0.5, 0.6) is 0 Å². The summed E-state index contributed by atoms with van der Waals surface area (Å²) in [6.07, 6.45) is 5.68. The van der Waals surface area contributed by atoms with Gasteiger partial charge in [0.2, 0.25) is 0 Å². The molecule has 2 N–H and O–H groups in total. The molecule has 6 heteroatoms. The number of nitrogens with one attached hydrogen (secondary N) is 2. The summed E-state index contributed by atoms with van der Waals surface area (Å²) in [5.41, 5.74) is 1.16. The largest absolute Gasteiger partial charge is 0.335 e. The molecule has 1 aliphatic rings. The van der Waals surface area contributed by atoms with E-state index >= 15 is 0 Å². The van der Waals surface area contributed by atoms with E-state index < -0.39 is 9.84 Å². The van der Waals surface area contributed by atoms with Crippen molar-refractivity contribution in [3.8, 4) is 0 Å². The summed E-state index contributed by atoms with van der Waals surface area (Å²) in [5.74, 6) is 0.397. The van der Waals surface area contributed by atoms with E-state index in [-0.39, 0.29) is 17.8 Å². The third kappa shape index (κ3) is 5.02. The molecule has 2 amide bonds. The minimum Gasteiger partial charge on any atom is -0.335 e. The number of rotatable bonds is 4. The van der Waals surface area contributed by atoms with Crippen molar-refractivity contribution in [1.29, 1.82) is 0 Å². The topological polar surface area (TPSA) is 75.3 Å². The summed E-state index contributed by atoms with van der Waals surface area (Å²) in [6.45, 7) is 2.15. The van der Waals surface area contributed by atoms with E-state index in [0.717, 1.165) is 19.3 Å². The lowest BCUT2D eigenvalue weighted by atomic mass is 9.86. The molecule has 2 rings (SSSR count). The van der Waals surface area contributed by atoms with Gasteiger partial charge in [0.05, 0.1) is 5.75 Å². The zero-order chi connectivity index (χ0) is 16.2. The van der Waals surface area contributed by atoms with E-state index in [0.29, 0.717) is 17.2 Å². The van der Waals surface area contributed by atoms with Crippen molar-refractivity contribution < 1.29 is 13.2 Å². The molecule has 0 spiro atoms. The SMILES string of the molecule is CC1CCCCC1NC(=O)Nc1ccccc1CS(C)(=O)=O. The van der Waals surface area contributed by atoms with Crippen LogP contribution in [0, 0.1) is 5.92 Å². The van der Waals surface area contributed by atoms with Gasteiger partial charge in [0.1, 0.15) is 0 Å². The number of urea groups is 1. The van der Waals surface area contributed by atoms with Crippen LogP contribution in [0.1, 0.15) is 38.2 Å². The maximum absolute atomic E-state index is 12.2. The average Bonchev–Trinajstić information content (AvgIpc) is 2.42. The summed E-state index contributed by atoms with van der Waals surface area (Å²) >= 11 is 0. The van der Waals surface area contributed by atoms with Crippen LogP contribution in [0.4, 0.5) is 10.5 Å². The normalized spacial score (nSPS) is 22.1. The number of amides is 2. The number of sulfone groups is 1. The molecular weight excluding hydrogens is 300 g/mol. The van der Waals surface area contributed by atoms with Crippen LogP contribution in [0.3, 0.4) is 0 Å². The van der Waals surface area contributed by atoms with Crippen molar-refractivity contribution in [1.82, 2.24) is 5.32 Å². The summed E-state index contributed by atoms with van der Waals surface area (Å²) in [7, 11) is -3.14. The smallest absolute Gasteiger partial charge is 0.319 e. The van der Waals surface area contributed by atoms with Crippen LogP contribution in [0.2, 0.25) is 0 Å². The second-order valence-corrected chi connectivity index (χ2v) is 8.33. The van der Waals surface area contributed by atoms with Crippen LogP contribution < -0.4 is 10.6 Å². The van der Waals surface area contributed by atoms with Gasteiger partial charge in [0.15, 0.2) is 9.84 Å². The van der Waals surface area contributed by atoms with Crippen molar-refractivity contribution >= 4 is 21.6 Å². The molecule has 2 atom stereocenters. The van der Waals surface area contributed by atoms with Gasteiger partial charge in [0.25, 0.3) is 0 Å². The summed E-state index contributed by atoms with van der Waals surface area (Å²) in [4.78, 5) is 12.2. The molecule has 0 aliphatic heterocycles. The Hall–Kier alpha value is -1.56. The Bertz CT molecular complexity index is 628. The molecule has 0 bridgehead atoms. The number of para-hydroxylation sites is 1. The van der Waals surface area contributed by atoms with E-state index in [2.05, 4.69) is 17.6 Å². The van der Waals surface area contributed by atoms with Gasteiger partial charge >= 0.3 is 6.03 Å². The highest BCUT2D eigenvalue weighted by Gasteiger charge is 2.23. The Kier molecular flexibility index (Phi) is 5.45. The van der Waals surface area contributed by atoms with Gasteiger partial charge in [-0.1, -0.05) is 38.0 Å². The number of hydrogen-bond acceptors (Lipinski definition) is 3. The van der Waals surface area contributed by atoms with Crippen molar-refractivity contribution in [2.24, 2.45) is 5.92 Å². The zero-order valence-corrected chi connectivity index (χ0v) is 13.9. The standard InChI is InChI=1S/C16H24N2O3S/c1-12-7-3-5-9-14(12)17-16(19)18-15-10-6-4-8-13(15)11-22(2,20)21/h4,6,8,10,12,14H,3,5,7,9,11H2,1-2H3,(H2,17,18,19). The Morgan fingerprint density at radius 1 is 1.23 bits per heavy atom. The molecule has 1 aromatic carbocycles. The molecule has 122 valence electrons. The van der Waals surface area contributed by atoms with Crippen molar-refractivity contribution in [3.63, 3.8) is 0 Å². The van der Waals surface area contributed by atoms with E-state index in [1.54, 1.807) is 24.3 Å². The first-order valence-electron chi connectivity index (χ1n) is 7.68. The molecule has 2 unspecified atom stereocenters. The van der Waals surface area contributed by atoms with Crippen LogP contribution >= 0.6 is 0 Å². The lowest BCUT2D eigenvalue weighted by Crippen LogP contribution is -2.43. The molecule has 0 aromatic heterocycles. The van der Waals surface area contributed by atoms with E-state index in [4.69, 9.17) is 0 Å². The van der Waals surface area contributed by atoms with Crippen molar-refractivity contribution in [2.45, 2.75) is 44.4 Å². The summed E-state index contributed by atoms with van der Waals surface area (Å²) < 4.78 is 22.9. The lowest BCUT2D eigenvalue weighted by molar-refractivity contribution is 0.232. The number of carbonyl (C=O) groups is 1. The van der Waals surface area contributed by atoms with Crippen LogP contribution in [-0.2, 0) is 15.6 Å². The second-order valence-electron chi connectivity index (χ2n) is 6.19. The second kappa shape index (κ2) is 7.13. The first-order chi connectivity index (χ1) is 10.3. The molecule has 1 fully saturated rings. The first kappa shape index (κ1) is 16.8.